The van der Waals surface area contributed by atoms with Crippen LogP contribution in [0.1, 0.15) is 46.5 Å². The van der Waals surface area contributed by atoms with Gasteiger partial charge in [0.15, 0.2) is 0 Å². The Balaban J connectivity index is 3.87. The van der Waals surface area contributed by atoms with Crippen LogP contribution in [0.2, 0.25) is 0 Å². The van der Waals surface area contributed by atoms with Crippen LogP contribution in [-0.4, -0.2) is 30.2 Å². The van der Waals surface area contributed by atoms with Crippen LogP contribution >= 0.6 is 0 Å². The average molecular weight is 230 g/mol. The molecule has 0 aliphatic carbocycles. The molecule has 0 aromatic carbocycles. The molecule has 4 heteroatoms. The molecular weight excluding hydrogens is 204 g/mol. The van der Waals surface area contributed by atoms with Gasteiger partial charge in [-0.05, 0) is 18.3 Å². The summed E-state index contributed by atoms with van der Waals surface area (Å²) in [5.74, 6) is -0.0838. The molecule has 0 radical (unpaired) electrons. The van der Waals surface area contributed by atoms with Gasteiger partial charge in [-0.15, -0.1) is 0 Å². The molecule has 0 saturated carbocycles. The Morgan fingerprint density at radius 2 is 2.12 bits per heavy atom. The normalized spacial score (nSPS) is 13.6. The molecule has 0 bridgehead atoms. The van der Waals surface area contributed by atoms with Crippen LogP contribution in [0.15, 0.2) is 0 Å². The van der Waals surface area contributed by atoms with Gasteiger partial charge in [0.05, 0.1) is 6.04 Å². The van der Waals surface area contributed by atoms with Gasteiger partial charge in [-0.2, -0.15) is 0 Å². The van der Waals surface area contributed by atoms with Crippen molar-refractivity contribution < 1.29 is 9.90 Å². The quantitative estimate of drug-likeness (QED) is 0.583. The third-order valence-electron chi connectivity index (χ3n) is 2.74. The Labute approximate surface area is 98.6 Å². The van der Waals surface area contributed by atoms with Crippen molar-refractivity contribution in [1.82, 2.24) is 5.32 Å². The first kappa shape index (κ1) is 15.4. The van der Waals surface area contributed by atoms with E-state index in [0.717, 1.165) is 19.3 Å². The van der Waals surface area contributed by atoms with E-state index in [1.165, 1.54) is 0 Å². The predicted molar refractivity (Wildman–Crippen MR) is 66.0 cm³/mol. The molecule has 0 aromatic rings. The number of hydrogen-bond acceptors (Lipinski definition) is 3. The van der Waals surface area contributed by atoms with Gasteiger partial charge in [-0.1, -0.05) is 33.6 Å². The van der Waals surface area contributed by atoms with Crippen molar-refractivity contribution in [3.05, 3.63) is 0 Å². The maximum absolute atomic E-state index is 11.6. The molecule has 16 heavy (non-hydrogen) atoms. The van der Waals surface area contributed by atoms with Crippen LogP contribution in [0.4, 0.5) is 0 Å². The second-order valence-electron chi connectivity index (χ2n) is 5.10. The number of unbranched alkanes of at least 4 members (excludes halogenated alkanes) is 1. The zero-order valence-electron chi connectivity index (χ0n) is 10.8. The Bertz CT molecular complexity index is 205. The second-order valence-corrected chi connectivity index (χ2v) is 5.10. The molecule has 4 nitrogen and oxygen atoms in total. The van der Waals surface area contributed by atoms with E-state index in [4.69, 9.17) is 10.8 Å². The van der Waals surface area contributed by atoms with E-state index >= 15 is 0 Å². The van der Waals surface area contributed by atoms with E-state index in [0.29, 0.717) is 13.0 Å². The summed E-state index contributed by atoms with van der Waals surface area (Å²) < 4.78 is 0. The Hall–Kier alpha value is -0.610. The predicted octanol–water partition coefficient (Wildman–Crippen LogP) is 1.03. The van der Waals surface area contributed by atoms with Crippen LogP contribution in [0, 0.1) is 5.41 Å². The fourth-order valence-corrected chi connectivity index (χ4v) is 1.40. The number of nitrogens with one attached hydrogen (secondary N) is 1. The van der Waals surface area contributed by atoms with E-state index in [2.05, 4.69) is 12.2 Å². The average Bonchev–Trinajstić information content (AvgIpc) is 2.22. The maximum atomic E-state index is 11.6. The van der Waals surface area contributed by atoms with Gasteiger partial charge >= 0.3 is 0 Å². The Morgan fingerprint density at radius 1 is 1.50 bits per heavy atom. The summed E-state index contributed by atoms with van der Waals surface area (Å²) >= 11 is 0. The van der Waals surface area contributed by atoms with Gasteiger partial charge in [-0.25, -0.2) is 0 Å². The molecule has 96 valence electrons. The van der Waals surface area contributed by atoms with Crippen LogP contribution in [0.25, 0.3) is 0 Å². The molecule has 0 rings (SSSR count). The van der Waals surface area contributed by atoms with Gasteiger partial charge in [0.25, 0.3) is 0 Å². The molecule has 0 saturated heterocycles. The third kappa shape index (κ3) is 6.80. The van der Waals surface area contributed by atoms with Crippen LogP contribution < -0.4 is 11.1 Å². The number of carbonyl (C=O) groups excluding carboxylic acids is 1. The molecule has 0 aliphatic heterocycles. The summed E-state index contributed by atoms with van der Waals surface area (Å²) in [7, 11) is 0. The molecule has 0 spiro atoms. The molecule has 0 aromatic heterocycles. The van der Waals surface area contributed by atoms with Crippen molar-refractivity contribution in [3.8, 4) is 0 Å². The molecule has 0 aliphatic rings. The lowest BCUT2D eigenvalue weighted by Gasteiger charge is -2.24. The largest absolute Gasteiger partial charge is 0.396 e. The summed E-state index contributed by atoms with van der Waals surface area (Å²) in [6.07, 6.45) is 3.45. The van der Waals surface area contributed by atoms with Crippen molar-refractivity contribution in [3.63, 3.8) is 0 Å². The van der Waals surface area contributed by atoms with Crippen molar-refractivity contribution in [2.45, 2.75) is 52.5 Å². The van der Waals surface area contributed by atoms with Gasteiger partial charge in [0.2, 0.25) is 5.91 Å². The van der Waals surface area contributed by atoms with Crippen molar-refractivity contribution in [2.75, 3.05) is 13.2 Å². The summed E-state index contributed by atoms with van der Waals surface area (Å²) in [6, 6.07) is -0.398. The molecular formula is C12H26N2O2. The van der Waals surface area contributed by atoms with Crippen molar-refractivity contribution in [2.24, 2.45) is 11.1 Å². The number of nitrogens with two attached hydrogens (primary N) is 1. The number of amides is 1. The van der Waals surface area contributed by atoms with E-state index in [9.17, 15) is 4.79 Å². The van der Waals surface area contributed by atoms with Crippen molar-refractivity contribution in [1.29, 1.82) is 0 Å². The maximum Gasteiger partial charge on any atom is 0.236 e. The lowest BCUT2D eigenvalue weighted by Crippen LogP contribution is -2.44. The fraction of sp³-hybridized carbons (Fsp3) is 0.917. The third-order valence-corrected chi connectivity index (χ3v) is 2.74. The first-order valence-corrected chi connectivity index (χ1v) is 6.07. The minimum atomic E-state index is -0.398. The minimum Gasteiger partial charge on any atom is -0.396 e. The highest BCUT2D eigenvalue weighted by atomic mass is 16.3. The van der Waals surface area contributed by atoms with Gasteiger partial charge in [-0.3, -0.25) is 4.79 Å². The van der Waals surface area contributed by atoms with E-state index in [1.807, 2.05) is 13.8 Å². The minimum absolute atomic E-state index is 0.0745. The monoisotopic (exact) mass is 230 g/mol. The van der Waals surface area contributed by atoms with Crippen LogP contribution in [0.3, 0.4) is 0 Å². The summed E-state index contributed by atoms with van der Waals surface area (Å²) in [5, 5.41) is 11.7. The summed E-state index contributed by atoms with van der Waals surface area (Å²) in [6.45, 7) is 6.81. The zero-order valence-corrected chi connectivity index (χ0v) is 10.8. The molecule has 1 atom stereocenters. The highest BCUT2D eigenvalue weighted by Gasteiger charge is 2.20. The van der Waals surface area contributed by atoms with E-state index in [-0.39, 0.29) is 17.9 Å². The molecule has 4 N–H and O–H groups in total. The summed E-state index contributed by atoms with van der Waals surface area (Å²) in [5.41, 5.74) is 5.67. The molecule has 0 heterocycles. The number of aliphatic hydroxyl groups is 1. The van der Waals surface area contributed by atoms with Crippen molar-refractivity contribution >= 4 is 5.91 Å². The van der Waals surface area contributed by atoms with Gasteiger partial charge in [0, 0.05) is 13.2 Å². The van der Waals surface area contributed by atoms with E-state index in [1.54, 1.807) is 0 Å². The number of carbonyl (C=O) groups is 1. The standard InChI is InChI=1S/C12H26N2O2/c1-4-5-6-10(13)11(16)14-9-12(2,3)7-8-15/h10,15H,4-9,13H2,1-3H3,(H,14,16)/t10-/m0/s1. The van der Waals surface area contributed by atoms with Gasteiger partial charge < -0.3 is 16.2 Å². The summed E-state index contributed by atoms with van der Waals surface area (Å²) in [4.78, 5) is 11.6. The Morgan fingerprint density at radius 3 is 2.62 bits per heavy atom. The van der Waals surface area contributed by atoms with Crippen LogP contribution in [-0.2, 0) is 4.79 Å². The molecule has 1 amide bonds. The first-order valence-electron chi connectivity index (χ1n) is 6.07. The first-order chi connectivity index (χ1) is 7.43. The Kier molecular flexibility index (Phi) is 7.34. The van der Waals surface area contributed by atoms with E-state index < -0.39 is 6.04 Å². The molecule has 0 unspecified atom stereocenters. The number of hydrogen-bond donors (Lipinski definition) is 3. The highest BCUT2D eigenvalue weighted by molar-refractivity contribution is 5.81. The smallest absolute Gasteiger partial charge is 0.236 e. The second kappa shape index (κ2) is 7.63. The van der Waals surface area contributed by atoms with Crippen LogP contribution in [0.5, 0.6) is 0 Å². The lowest BCUT2D eigenvalue weighted by atomic mass is 9.89. The zero-order chi connectivity index (χ0) is 12.6. The number of aliphatic hydroxyl groups excluding tert-OH is 1. The van der Waals surface area contributed by atoms with Gasteiger partial charge in [0.1, 0.15) is 0 Å². The highest BCUT2D eigenvalue weighted by Crippen LogP contribution is 2.17. The topological polar surface area (TPSA) is 75.4 Å². The lowest BCUT2D eigenvalue weighted by molar-refractivity contribution is -0.123. The SMILES string of the molecule is CCCC[C@H](N)C(=O)NCC(C)(C)CCO. The molecule has 0 fully saturated rings. The number of rotatable bonds is 8. The fourth-order valence-electron chi connectivity index (χ4n) is 1.40.